The van der Waals surface area contributed by atoms with E-state index >= 15 is 0 Å². The van der Waals surface area contributed by atoms with Gasteiger partial charge in [0.05, 0.1) is 11.1 Å². The number of hydrogen-bond donors (Lipinski definition) is 0. The Hall–Kier alpha value is -3.14. The van der Waals surface area contributed by atoms with Crippen molar-refractivity contribution in [2.45, 2.75) is 19.1 Å². The lowest BCUT2D eigenvalue weighted by atomic mass is 10.00. The number of esters is 2. The smallest absolute Gasteiger partial charge is 0.338 e. The Bertz CT molecular complexity index is 806. The molecule has 126 valence electrons. The molecule has 0 amide bonds. The van der Waals surface area contributed by atoms with Gasteiger partial charge in [-0.3, -0.25) is 0 Å². The molecule has 1 aliphatic carbocycles. The predicted octanol–water partition coefficient (Wildman–Crippen LogP) is 3.95. The highest BCUT2D eigenvalue weighted by Gasteiger charge is 2.30. The van der Waals surface area contributed by atoms with Gasteiger partial charge in [0.15, 0.2) is 12.2 Å². The molecule has 0 radical (unpaired) electrons. The van der Waals surface area contributed by atoms with E-state index in [0.717, 1.165) is 5.57 Å². The highest BCUT2D eigenvalue weighted by Crippen LogP contribution is 2.22. The van der Waals surface area contributed by atoms with Crippen LogP contribution in [0.25, 0.3) is 0 Å². The second kappa shape index (κ2) is 7.62. The first-order chi connectivity index (χ1) is 12.1. The molecule has 0 heterocycles. The lowest BCUT2D eigenvalue weighted by Crippen LogP contribution is -2.36. The third-order valence-corrected chi connectivity index (χ3v) is 3.90. The maximum atomic E-state index is 12.3. The highest BCUT2D eigenvalue weighted by atomic mass is 16.6. The Morgan fingerprint density at radius 2 is 1.32 bits per heavy atom. The molecule has 0 aromatic heterocycles. The van der Waals surface area contributed by atoms with Crippen molar-refractivity contribution in [1.82, 2.24) is 0 Å². The standard InChI is InChI=1S/C21H18O4/c1-15-9-8-14-18(24-20(22)16-10-4-2-5-11-16)19(15)25-21(23)17-12-6-3-7-13-17/h2-14,18-19H,1H3. The van der Waals surface area contributed by atoms with E-state index in [1.165, 1.54) is 0 Å². The maximum Gasteiger partial charge on any atom is 0.338 e. The average Bonchev–Trinajstić information content (AvgIpc) is 2.66. The van der Waals surface area contributed by atoms with Crippen molar-refractivity contribution in [3.63, 3.8) is 0 Å². The van der Waals surface area contributed by atoms with Gasteiger partial charge in [0, 0.05) is 0 Å². The molecule has 2 atom stereocenters. The first-order valence-electron chi connectivity index (χ1n) is 8.02. The minimum absolute atomic E-state index is 0.450. The molecule has 4 nitrogen and oxygen atoms in total. The summed E-state index contributed by atoms with van der Waals surface area (Å²) < 4.78 is 11.2. The normalized spacial score (nSPS) is 19.0. The van der Waals surface area contributed by atoms with Crippen LogP contribution in [0.2, 0.25) is 0 Å². The fraction of sp³-hybridized carbons (Fsp3) is 0.143. The first-order valence-corrected chi connectivity index (χ1v) is 8.02. The van der Waals surface area contributed by atoms with Gasteiger partial charge in [-0.1, -0.05) is 48.6 Å². The molecule has 0 spiro atoms. The quantitative estimate of drug-likeness (QED) is 0.794. The zero-order chi connectivity index (χ0) is 17.6. The Labute approximate surface area is 146 Å². The molecule has 3 rings (SSSR count). The summed E-state index contributed by atoms with van der Waals surface area (Å²) >= 11 is 0. The molecule has 25 heavy (non-hydrogen) atoms. The minimum Gasteiger partial charge on any atom is -0.450 e. The van der Waals surface area contributed by atoms with Gasteiger partial charge < -0.3 is 9.47 Å². The Morgan fingerprint density at radius 1 is 0.800 bits per heavy atom. The summed E-state index contributed by atoms with van der Waals surface area (Å²) in [6.45, 7) is 1.84. The van der Waals surface area contributed by atoms with Crippen molar-refractivity contribution >= 4 is 11.9 Å². The van der Waals surface area contributed by atoms with Gasteiger partial charge in [-0.05, 0) is 42.8 Å². The number of allylic oxidation sites excluding steroid dienone is 2. The fourth-order valence-electron chi connectivity index (χ4n) is 2.56. The van der Waals surface area contributed by atoms with E-state index < -0.39 is 24.1 Å². The summed E-state index contributed by atoms with van der Waals surface area (Å²) in [6.07, 6.45) is 4.05. The van der Waals surface area contributed by atoms with Gasteiger partial charge >= 0.3 is 11.9 Å². The molecule has 0 saturated heterocycles. The molecule has 0 aliphatic heterocycles. The van der Waals surface area contributed by atoms with Crippen LogP contribution in [0.15, 0.2) is 84.5 Å². The van der Waals surface area contributed by atoms with Crippen LogP contribution in [-0.2, 0) is 9.47 Å². The molecule has 0 bridgehead atoms. The Balaban J connectivity index is 1.74. The number of rotatable bonds is 4. The van der Waals surface area contributed by atoms with Crippen molar-refractivity contribution in [3.8, 4) is 0 Å². The monoisotopic (exact) mass is 334 g/mol. The van der Waals surface area contributed by atoms with Crippen LogP contribution in [-0.4, -0.2) is 24.1 Å². The van der Waals surface area contributed by atoms with Crippen molar-refractivity contribution in [2.24, 2.45) is 0 Å². The van der Waals surface area contributed by atoms with Gasteiger partial charge in [-0.15, -0.1) is 0 Å². The molecule has 1 aliphatic rings. The number of hydrogen-bond acceptors (Lipinski definition) is 4. The Kier molecular flexibility index (Phi) is 5.09. The largest absolute Gasteiger partial charge is 0.450 e. The van der Waals surface area contributed by atoms with Gasteiger partial charge in [0.25, 0.3) is 0 Å². The topological polar surface area (TPSA) is 52.6 Å². The van der Waals surface area contributed by atoms with Crippen LogP contribution < -0.4 is 0 Å². The highest BCUT2D eigenvalue weighted by molar-refractivity contribution is 5.90. The zero-order valence-corrected chi connectivity index (χ0v) is 13.8. The summed E-state index contributed by atoms with van der Waals surface area (Å²) in [5.74, 6) is -0.903. The van der Waals surface area contributed by atoms with Crippen LogP contribution in [0, 0.1) is 0 Å². The lowest BCUT2D eigenvalue weighted by Gasteiger charge is -2.27. The number of benzene rings is 2. The number of carbonyl (C=O) groups excluding carboxylic acids is 2. The SMILES string of the molecule is CC1=CC=CC(OC(=O)c2ccccc2)C1OC(=O)c1ccccc1. The molecule has 2 aromatic carbocycles. The molecule has 0 N–H and O–H groups in total. The summed E-state index contributed by atoms with van der Waals surface area (Å²) in [6, 6.07) is 17.5. The van der Waals surface area contributed by atoms with E-state index in [9.17, 15) is 9.59 Å². The van der Waals surface area contributed by atoms with Gasteiger partial charge in [-0.2, -0.15) is 0 Å². The lowest BCUT2D eigenvalue weighted by molar-refractivity contribution is -0.0110. The van der Waals surface area contributed by atoms with Crippen molar-refractivity contribution < 1.29 is 19.1 Å². The predicted molar refractivity (Wildman–Crippen MR) is 94.2 cm³/mol. The molecule has 0 saturated carbocycles. The van der Waals surface area contributed by atoms with Gasteiger partial charge in [-0.25, -0.2) is 9.59 Å². The molecule has 2 unspecified atom stereocenters. The Morgan fingerprint density at radius 3 is 1.88 bits per heavy atom. The van der Waals surface area contributed by atoms with Gasteiger partial charge in [0.1, 0.15) is 0 Å². The number of carbonyl (C=O) groups is 2. The van der Waals surface area contributed by atoms with Crippen LogP contribution in [0.1, 0.15) is 27.6 Å². The third kappa shape index (κ3) is 4.04. The van der Waals surface area contributed by atoms with Crippen LogP contribution in [0.4, 0.5) is 0 Å². The fourth-order valence-corrected chi connectivity index (χ4v) is 2.56. The van der Waals surface area contributed by atoms with Crippen molar-refractivity contribution in [2.75, 3.05) is 0 Å². The number of ether oxygens (including phenoxy) is 2. The second-order valence-electron chi connectivity index (χ2n) is 5.72. The maximum absolute atomic E-state index is 12.3. The first kappa shape index (κ1) is 16.7. The summed E-state index contributed by atoms with van der Waals surface area (Å²) in [5, 5.41) is 0. The van der Waals surface area contributed by atoms with E-state index in [1.54, 1.807) is 60.7 Å². The van der Waals surface area contributed by atoms with E-state index in [0.29, 0.717) is 11.1 Å². The molecular weight excluding hydrogens is 316 g/mol. The van der Waals surface area contributed by atoms with Crippen molar-refractivity contribution in [3.05, 3.63) is 95.6 Å². The zero-order valence-electron chi connectivity index (χ0n) is 13.8. The van der Waals surface area contributed by atoms with E-state index in [-0.39, 0.29) is 0 Å². The van der Waals surface area contributed by atoms with Crippen LogP contribution in [0.5, 0.6) is 0 Å². The van der Waals surface area contributed by atoms with E-state index in [1.807, 2.05) is 25.1 Å². The molecular formula is C21H18O4. The third-order valence-electron chi connectivity index (χ3n) is 3.90. The summed E-state index contributed by atoms with van der Waals surface area (Å²) in [7, 11) is 0. The molecule has 4 heteroatoms. The van der Waals surface area contributed by atoms with Crippen LogP contribution >= 0.6 is 0 Å². The summed E-state index contributed by atoms with van der Waals surface area (Å²) in [5.41, 5.74) is 1.73. The van der Waals surface area contributed by atoms with Gasteiger partial charge in [0.2, 0.25) is 0 Å². The van der Waals surface area contributed by atoms with E-state index in [2.05, 4.69) is 0 Å². The molecule has 2 aromatic rings. The molecule has 0 fully saturated rings. The second-order valence-corrected chi connectivity index (χ2v) is 5.72. The summed E-state index contributed by atoms with van der Waals surface area (Å²) in [4.78, 5) is 24.7. The van der Waals surface area contributed by atoms with E-state index in [4.69, 9.17) is 9.47 Å². The van der Waals surface area contributed by atoms with Crippen LogP contribution in [0.3, 0.4) is 0 Å². The average molecular weight is 334 g/mol. The minimum atomic E-state index is -0.662. The van der Waals surface area contributed by atoms with Crippen molar-refractivity contribution in [1.29, 1.82) is 0 Å².